The zero-order valence-electron chi connectivity index (χ0n) is 55.6. The maximum atomic E-state index is 2.62. The van der Waals surface area contributed by atoms with Crippen LogP contribution in [0.5, 0.6) is 0 Å². The first-order valence-corrected chi connectivity index (χ1v) is 35.8. The summed E-state index contributed by atoms with van der Waals surface area (Å²) in [5.41, 5.74) is 21.0. The summed E-state index contributed by atoms with van der Waals surface area (Å²) >= 11 is 0. The first-order chi connectivity index (χ1) is 47.6. The molecule has 0 atom stereocenters. The second-order valence-corrected chi connectivity index (χ2v) is 27.0. The van der Waals surface area contributed by atoms with Crippen molar-refractivity contribution in [3.8, 4) is 77.9 Å². The van der Waals surface area contributed by atoms with Gasteiger partial charge in [0.1, 0.15) is 0 Å². The molecule has 0 radical (unpaired) electrons. The van der Waals surface area contributed by atoms with Gasteiger partial charge in [-0.25, -0.2) is 0 Å². The van der Waals surface area contributed by atoms with Gasteiger partial charge in [-0.1, -0.05) is 345 Å². The minimum Gasteiger partial charge on any atom is -0.0654 e. The van der Waals surface area contributed by atoms with Crippen LogP contribution in [-0.4, -0.2) is 0 Å². The van der Waals surface area contributed by atoms with Crippen molar-refractivity contribution in [3.63, 3.8) is 0 Å². The molecule has 0 heteroatoms. The lowest BCUT2D eigenvalue weighted by atomic mass is 9.80. The summed E-state index contributed by atoms with van der Waals surface area (Å²) in [6, 6.07) is 111. The van der Waals surface area contributed by atoms with Crippen molar-refractivity contribution in [1.29, 1.82) is 0 Å². The van der Waals surface area contributed by atoms with E-state index >= 15 is 0 Å². The minimum absolute atomic E-state index is 1.03. The van der Waals surface area contributed by atoms with Gasteiger partial charge in [-0.15, -0.1) is 0 Å². The van der Waals surface area contributed by atoms with Crippen molar-refractivity contribution in [2.75, 3.05) is 0 Å². The summed E-state index contributed by atoms with van der Waals surface area (Å²) in [5.74, 6) is 0. The van der Waals surface area contributed by atoms with Crippen molar-refractivity contribution in [2.24, 2.45) is 0 Å². The van der Waals surface area contributed by atoms with Crippen molar-refractivity contribution in [1.82, 2.24) is 0 Å². The van der Waals surface area contributed by atoms with Crippen molar-refractivity contribution >= 4 is 86.2 Å². The minimum atomic E-state index is 1.03. The van der Waals surface area contributed by atoms with E-state index < -0.39 is 0 Å². The molecule has 0 aromatic heterocycles. The first kappa shape index (κ1) is 60.5. The standard InChI is InChI=1S/C96H82/c1-3-5-7-9-11-13-35-73-63-89(67-51-55-69(56-52-67)91-81-41-23-27-45-85(81)93(86-46-28-24-42-82(86)91)75-59-49-65-31-15-17-33-71(65)61-75)77-37-19-21-39-79(77)95(73)96-74(36-14-12-10-8-6-4-2)64-90(78-38-20-22-40-80(78)96)68-53-57-70(58-54-68)92-83-43-25-29-47-87(83)94(88-48-30-26-44-84(88)92)76-60-50-66-32-16-18-34-72(66)62-76/h15-34,37-64H,3-14,35-36H2,1-2H3. The zero-order valence-corrected chi connectivity index (χ0v) is 55.6. The molecule has 0 spiro atoms. The molecule has 0 N–H and O–H groups in total. The van der Waals surface area contributed by atoms with Crippen LogP contribution in [0.15, 0.2) is 291 Å². The molecule has 0 aliphatic rings. The Hall–Kier alpha value is -10.4. The Balaban J connectivity index is 0.828. The molecule has 0 fully saturated rings. The Morgan fingerprint density at radius 2 is 0.417 bits per heavy atom. The second kappa shape index (κ2) is 27.1. The maximum absolute atomic E-state index is 2.62. The summed E-state index contributed by atoms with van der Waals surface area (Å²) in [6.07, 6.45) is 17.1. The van der Waals surface area contributed by atoms with Crippen LogP contribution in [0.2, 0.25) is 0 Å². The van der Waals surface area contributed by atoms with Gasteiger partial charge in [0.2, 0.25) is 0 Å². The topological polar surface area (TPSA) is 0 Å². The Bertz CT molecular complexity index is 5080. The quantitative estimate of drug-likeness (QED) is 0.0497. The average Bonchev–Trinajstić information content (AvgIpc) is 0.761. The highest BCUT2D eigenvalue weighted by atomic mass is 14.3. The lowest BCUT2D eigenvalue weighted by Crippen LogP contribution is -2.01. The molecule has 0 heterocycles. The molecule has 0 amide bonds. The van der Waals surface area contributed by atoms with Crippen LogP contribution in [-0.2, 0) is 12.8 Å². The van der Waals surface area contributed by atoms with E-state index in [1.165, 1.54) is 239 Å². The maximum Gasteiger partial charge on any atom is -0.00262 e. The monoisotopic (exact) mass is 1230 g/mol. The molecule has 16 aromatic carbocycles. The second-order valence-electron chi connectivity index (χ2n) is 27.0. The Morgan fingerprint density at radius 1 is 0.177 bits per heavy atom. The number of unbranched alkanes of at least 4 members (excludes halogenated alkanes) is 10. The summed E-state index contributed by atoms with van der Waals surface area (Å²) < 4.78 is 0. The van der Waals surface area contributed by atoms with Gasteiger partial charge < -0.3 is 0 Å². The summed E-state index contributed by atoms with van der Waals surface area (Å²) in [6.45, 7) is 4.65. The van der Waals surface area contributed by atoms with Crippen LogP contribution < -0.4 is 0 Å². The highest BCUT2D eigenvalue weighted by Crippen LogP contribution is 2.50. The SMILES string of the molecule is CCCCCCCCc1cc(-c2ccc(-c3c4ccccc4c(-c4ccc5ccccc5c4)c4ccccc34)cc2)c2ccccc2c1-c1c(CCCCCCCC)cc(-c2ccc(-c3c4ccccc4c(-c4ccc5ccccc5c4)c4ccccc34)cc2)c2ccccc12. The van der Waals surface area contributed by atoms with Gasteiger partial charge in [0.05, 0.1) is 0 Å². The molecule has 16 aromatic rings. The number of rotatable bonds is 21. The predicted octanol–water partition coefficient (Wildman–Crippen LogP) is 28.4. The molecule has 0 nitrogen and oxygen atoms in total. The van der Waals surface area contributed by atoms with Crippen LogP contribution in [0, 0.1) is 0 Å². The third-order valence-electron chi connectivity index (χ3n) is 21.0. The average molecular weight is 1240 g/mol. The molecule has 0 saturated heterocycles. The molecular weight excluding hydrogens is 1150 g/mol. The van der Waals surface area contributed by atoms with E-state index in [4.69, 9.17) is 0 Å². The van der Waals surface area contributed by atoms with Crippen molar-refractivity contribution in [3.05, 3.63) is 302 Å². The zero-order chi connectivity index (χ0) is 64.3. The fourth-order valence-electron chi connectivity index (χ4n) is 16.3. The van der Waals surface area contributed by atoms with Crippen LogP contribution in [0.1, 0.15) is 102 Å². The summed E-state index contributed by atoms with van der Waals surface area (Å²) in [4.78, 5) is 0. The third-order valence-corrected chi connectivity index (χ3v) is 21.0. The smallest absolute Gasteiger partial charge is 0.00262 e. The molecule has 0 bridgehead atoms. The normalized spacial score (nSPS) is 11.8. The largest absolute Gasteiger partial charge is 0.0654 e. The highest BCUT2D eigenvalue weighted by molar-refractivity contribution is 6.24. The lowest BCUT2D eigenvalue weighted by Gasteiger charge is -2.23. The van der Waals surface area contributed by atoms with E-state index in [9.17, 15) is 0 Å². The van der Waals surface area contributed by atoms with Gasteiger partial charge in [-0.05, 0) is 225 Å². The molecule has 0 aliphatic carbocycles. The van der Waals surface area contributed by atoms with Gasteiger partial charge in [-0.3, -0.25) is 0 Å². The van der Waals surface area contributed by atoms with E-state index in [0.29, 0.717) is 0 Å². The van der Waals surface area contributed by atoms with Gasteiger partial charge in [-0.2, -0.15) is 0 Å². The fourth-order valence-corrected chi connectivity index (χ4v) is 16.3. The molecule has 0 unspecified atom stereocenters. The Kier molecular flexibility index (Phi) is 17.1. The molecule has 0 aliphatic heterocycles. The predicted molar refractivity (Wildman–Crippen MR) is 419 cm³/mol. The number of aryl methyl sites for hydroxylation is 2. The molecule has 0 saturated carbocycles. The number of hydrogen-bond donors (Lipinski definition) is 0. The molecule has 96 heavy (non-hydrogen) atoms. The van der Waals surface area contributed by atoms with Crippen LogP contribution >= 0.6 is 0 Å². The van der Waals surface area contributed by atoms with Crippen molar-refractivity contribution in [2.45, 2.75) is 104 Å². The van der Waals surface area contributed by atoms with Gasteiger partial charge in [0.15, 0.2) is 0 Å². The Morgan fingerprint density at radius 3 is 0.740 bits per heavy atom. The van der Waals surface area contributed by atoms with E-state index in [1.807, 2.05) is 0 Å². The van der Waals surface area contributed by atoms with E-state index in [-0.39, 0.29) is 0 Å². The van der Waals surface area contributed by atoms with Crippen LogP contribution in [0.3, 0.4) is 0 Å². The van der Waals surface area contributed by atoms with Gasteiger partial charge in [0, 0.05) is 0 Å². The molecular formula is C96H82. The molecule has 16 rings (SSSR count). The number of fused-ring (bicyclic) bond motifs is 8. The highest BCUT2D eigenvalue weighted by Gasteiger charge is 2.24. The van der Waals surface area contributed by atoms with E-state index in [0.717, 1.165) is 25.7 Å². The Labute approximate surface area is 566 Å². The van der Waals surface area contributed by atoms with Crippen LogP contribution in [0.25, 0.3) is 164 Å². The molecule has 466 valence electrons. The summed E-state index contributed by atoms with van der Waals surface area (Å²) in [5, 5.41) is 20.6. The summed E-state index contributed by atoms with van der Waals surface area (Å²) in [7, 11) is 0. The third kappa shape index (κ3) is 11.4. The first-order valence-electron chi connectivity index (χ1n) is 35.8. The van der Waals surface area contributed by atoms with Gasteiger partial charge >= 0.3 is 0 Å². The fraction of sp³-hybridized carbons (Fsp3) is 0.167. The van der Waals surface area contributed by atoms with E-state index in [1.54, 1.807) is 0 Å². The van der Waals surface area contributed by atoms with E-state index in [2.05, 4.69) is 305 Å². The van der Waals surface area contributed by atoms with Gasteiger partial charge in [0.25, 0.3) is 0 Å². The lowest BCUT2D eigenvalue weighted by molar-refractivity contribution is 0.607. The number of benzene rings is 16. The van der Waals surface area contributed by atoms with Crippen LogP contribution in [0.4, 0.5) is 0 Å². The van der Waals surface area contributed by atoms with Crippen molar-refractivity contribution < 1.29 is 0 Å². The number of hydrogen-bond acceptors (Lipinski definition) is 0.